The van der Waals surface area contributed by atoms with Crippen molar-refractivity contribution in [2.24, 2.45) is 29.6 Å². The molecule has 1 saturated heterocycles. The number of rotatable bonds is 2. The zero-order chi connectivity index (χ0) is 23.3. The lowest BCUT2D eigenvalue weighted by atomic mass is 9.68. The summed E-state index contributed by atoms with van der Waals surface area (Å²) in [6.07, 6.45) is 0.855. The number of aryl methyl sites for hydroxylation is 1. The van der Waals surface area contributed by atoms with Crippen LogP contribution in [0.3, 0.4) is 0 Å². The molecular formula is C26H21FN2O3S2. The molecule has 2 bridgehead atoms. The number of amides is 2. The molecule has 34 heavy (non-hydrogen) atoms. The number of thioether (sulfide) groups is 1. The number of benzene rings is 2. The summed E-state index contributed by atoms with van der Waals surface area (Å²) in [5.41, 5.74) is 2.78. The Morgan fingerprint density at radius 2 is 1.62 bits per heavy atom. The molecule has 7 atom stereocenters. The minimum absolute atomic E-state index is 0.0320. The number of nitrogens with one attached hydrogen (secondary N) is 1. The van der Waals surface area contributed by atoms with Gasteiger partial charge in [0, 0.05) is 16.0 Å². The summed E-state index contributed by atoms with van der Waals surface area (Å²) in [6.45, 7) is 2.05. The van der Waals surface area contributed by atoms with Gasteiger partial charge in [-0.3, -0.25) is 19.3 Å². The lowest BCUT2D eigenvalue weighted by molar-refractivity contribution is -0.123. The Labute approximate surface area is 203 Å². The molecule has 0 radical (unpaired) electrons. The molecule has 2 aliphatic heterocycles. The minimum Gasteiger partial charge on any atom is -0.307 e. The number of thiazole rings is 1. The fourth-order valence-corrected chi connectivity index (χ4v) is 9.90. The van der Waals surface area contributed by atoms with Gasteiger partial charge in [0.25, 0.3) is 0 Å². The van der Waals surface area contributed by atoms with E-state index in [1.165, 1.54) is 46.1 Å². The summed E-state index contributed by atoms with van der Waals surface area (Å²) in [5, 5.41) is 1.08. The predicted octanol–water partition coefficient (Wildman–Crippen LogP) is 4.56. The Morgan fingerprint density at radius 3 is 2.32 bits per heavy atom. The fourth-order valence-electron chi connectivity index (χ4n) is 7.01. The highest BCUT2D eigenvalue weighted by Gasteiger charge is 2.69. The quantitative estimate of drug-likeness (QED) is 0.533. The largest absolute Gasteiger partial charge is 0.307 e. The maximum atomic E-state index is 13.6. The third-order valence-corrected chi connectivity index (χ3v) is 10.8. The van der Waals surface area contributed by atoms with Gasteiger partial charge in [-0.2, -0.15) is 0 Å². The van der Waals surface area contributed by atoms with Crippen molar-refractivity contribution in [3.8, 4) is 0 Å². The number of carbonyl (C=O) groups excluding carboxylic acids is 2. The molecule has 2 aromatic carbocycles. The predicted molar refractivity (Wildman–Crippen MR) is 129 cm³/mol. The molecule has 0 spiro atoms. The van der Waals surface area contributed by atoms with E-state index >= 15 is 0 Å². The van der Waals surface area contributed by atoms with Gasteiger partial charge >= 0.3 is 4.87 Å². The van der Waals surface area contributed by atoms with Crippen LogP contribution in [0.15, 0.2) is 58.4 Å². The Hall–Kier alpha value is -2.71. The van der Waals surface area contributed by atoms with E-state index in [4.69, 9.17) is 0 Å². The van der Waals surface area contributed by atoms with E-state index < -0.39 is 5.82 Å². The molecule has 8 heteroatoms. The first-order valence-electron chi connectivity index (χ1n) is 11.5. The first kappa shape index (κ1) is 20.6. The molecule has 3 heterocycles. The number of hydrogen-bond donors (Lipinski definition) is 1. The molecule has 2 aliphatic carbocycles. The Bertz CT molecular complexity index is 1400. The van der Waals surface area contributed by atoms with E-state index in [0.29, 0.717) is 5.69 Å². The van der Waals surface area contributed by atoms with Crippen molar-refractivity contribution in [3.63, 3.8) is 0 Å². The molecule has 1 aromatic heterocycles. The summed E-state index contributed by atoms with van der Waals surface area (Å²) in [5.74, 6) is -1.05. The monoisotopic (exact) mass is 492 g/mol. The fraction of sp³-hybridized carbons (Fsp3) is 0.346. The first-order valence-corrected chi connectivity index (χ1v) is 13.2. The summed E-state index contributed by atoms with van der Waals surface area (Å²) < 4.78 is 13.5. The van der Waals surface area contributed by atoms with Crippen molar-refractivity contribution in [1.82, 2.24) is 4.98 Å². The smallest absolute Gasteiger partial charge is 0.305 e. The topological polar surface area (TPSA) is 70.2 Å². The Balaban J connectivity index is 1.32. The number of aromatic amines is 1. The number of H-pyrrole nitrogens is 1. The first-order chi connectivity index (χ1) is 16.4. The van der Waals surface area contributed by atoms with E-state index in [0.717, 1.165) is 21.9 Å². The number of aromatic nitrogens is 1. The molecule has 4 aliphatic rings. The number of anilines is 1. The third kappa shape index (κ3) is 2.69. The van der Waals surface area contributed by atoms with Crippen LogP contribution < -0.4 is 9.77 Å². The normalized spacial score (nSPS) is 33.2. The van der Waals surface area contributed by atoms with Gasteiger partial charge in [0.1, 0.15) is 5.82 Å². The van der Waals surface area contributed by atoms with E-state index in [1.54, 1.807) is 11.8 Å². The second kappa shape index (κ2) is 7.15. The number of nitrogens with zero attached hydrogens (tertiary/aromatic N) is 1. The zero-order valence-electron chi connectivity index (χ0n) is 18.2. The van der Waals surface area contributed by atoms with Crippen LogP contribution in [-0.4, -0.2) is 22.0 Å². The molecule has 3 fully saturated rings. The van der Waals surface area contributed by atoms with Gasteiger partial charge in [0.15, 0.2) is 0 Å². The second-order valence-corrected chi connectivity index (χ2v) is 12.1. The molecule has 3 aromatic rings. The second-order valence-electron chi connectivity index (χ2n) is 9.86. The van der Waals surface area contributed by atoms with Crippen LogP contribution in [0.2, 0.25) is 0 Å². The molecule has 2 saturated carbocycles. The molecule has 1 N–H and O–H groups in total. The van der Waals surface area contributed by atoms with E-state index in [-0.39, 0.29) is 57.4 Å². The maximum Gasteiger partial charge on any atom is 0.305 e. The summed E-state index contributed by atoms with van der Waals surface area (Å²) in [6, 6.07) is 14.1. The lowest BCUT2D eigenvalue weighted by Gasteiger charge is -2.43. The Kier molecular flexibility index (Phi) is 4.34. The molecule has 2 amide bonds. The molecule has 0 unspecified atom stereocenters. The van der Waals surface area contributed by atoms with E-state index in [2.05, 4.69) is 36.2 Å². The van der Waals surface area contributed by atoms with Crippen molar-refractivity contribution in [3.05, 3.63) is 80.0 Å². The molecule has 5 nitrogen and oxygen atoms in total. The summed E-state index contributed by atoms with van der Waals surface area (Å²) >= 11 is 2.96. The van der Waals surface area contributed by atoms with Gasteiger partial charge in [-0.25, -0.2) is 4.39 Å². The highest BCUT2D eigenvalue weighted by molar-refractivity contribution is 8.00. The van der Waals surface area contributed by atoms with Gasteiger partial charge in [0.2, 0.25) is 11.8 Å². The number of hydrogen-bond acceptors (Lipinski definition) is 5. The van der Waals surface area contributed by atoms with Crippen LogP contribution in [0.4, 0.5) is 10.1 Å². The zero-order valence-corrected chi connectivity index (χ0v) is 19.9. The van der Waals surface area contributed by atoms with Crippen LogP contribution in [0, 0.1) is 42.3 Å². The number of carbonyl (C=O) groups is 2. The SMILES string of the molecule is Cc1ccc([C@@H]2c3sc(=O)[nH]c3S[C@@H]3[C@@H]4C[C@H]([C@H]5C(=O)N(c6ccc(F)cc6)C(=O)[C@H]45)[C@H]23)cc1. The van der Waals surface area contributed by atoms with Crippen LogP contribution in [0.25, 0.3) is 0 Å². The maximum absolute atomic E-state index is 13.6. The van der Waals surface area contributed by atoms with E-state index in [9.17, 15) is 18.8 Å². The summed E-state index contributed by atoms with van der Waals surface area (Å²) in [7, 11) is 0. The van der Waals surface area contributed by atoms with Crippen molar-refractivity contribution in [1.29, 1.82) is 0 Å². The van der Waals surface area contributed by atoms with Crippen molar-refractivity contribution >= 4 is 40.6 Å². The van der Waals surface area contributed by atoms with Crippen molar-refractivity contribution < 1.29 is 14.0 Å². The average Bonchev–Trinajstić information content (AvgIpc) is 3.54. The summed E-state index contributed by atoms with van der Waals surface area (Å²) in [4.78, 5) is 44.8. The van der Waals surface area contributed by atoms with Gasteiger partial charge in [-0.05, 0) is 60.9 Å². The lowest BCUT2D eigenvalue weighted by Crippen LogP contribution is -2.42. The molecular weight excluding hydrogens is 471 g/mol. The number of fused-ring (bicyclic) bond motifs is 9. The molecule has 172 valence electrons. The van der Waals surface area contributed by atoms with Crippen LogP contribution in [0.5, 0.6) is 0 Å². The van der Waals surface area contributed by atoms with Crippen LogP contribution in [-0.2, 0) is 9.59 Å². The van der Waals surface area contributed by atoms with Gasteiger partial charge in [-0.15, -0.1) is 11.8 Å². The van der Waals surface area contributed by atoms with Crippen molar-refractivity contribution in [2.75, 3.05) is 4.90 Å². The van der Waals surface area contributed by atoms with Crippen LogP contribution in [0.1, 0.15) is 28.3 Å². The third-order valence-electron chi connectivity index (χ3n) is 8.25. The van der Waals surface area contributed by atoms with Gasteiger partial charge in [0.05, 0.1) is 22.5 Å². The van der Waals surface area contributed by atoms with E-state index in [1.807, 2.05) is 0 Å². The highest BCUT2D eigenvalue weighted by Crippen LogP contribution is 2.68. The van der Waals surface area contributed by atoms with Crippen molar-refractivity contribution in [2.45, 2.75) is 29.5 Å². The standard InChI is InChI=1S/C26H21FN2O3S2/c1-11-2-4-12(5-3-11)17-18-15-10-16(21(18)33-23-22(17)34-26(32)28-23)20-19(15)24(30)29(25(20)31)14-8-6-13(27)7-9-14/h2-9,15-21H,10H2,1H3,(H,28,32)/t15-,16+,17-,18+,19+,20+,21+/m0/s1. The van der Waals surface area contributed by atoms with Gasteiger partial charge < -0.3 is 4.98 Å². The minimum atomic E-state index is -0.397. The number of imide groups is 1. The number of halogens is 1. The average molecular weight is 493 g/mol. The van der Waals surface area contributed by atoms with Crippen LogP contribution >= 0.6 is 23.1 Å². The highest BCUT2D eigenvalue weighted by atomic mass is 32.2. The van der Waals surface area contributed by atoms with Gasteiger partial charge in [-0.1, -0.05) is 41.2 Å². The Morgan fingerprint density at radius 1 is 0.941 bits per heavy atom. The molecule has 7 rings (SSSR count).